The molecule has 0 saturated carbocycles. The average Bonchev–Trinajstić information content (AvgIpc) is 2.26. The Balaban J connectivity index is 2.81. The predicted molar refractivity (Wildman–Crippen MR) is 78.7 cm³/mol. The molecular weight excluding hydrogens is 307 g/mol. The Morgan fingerprint density at radius 1 is 1.26 bits per heavy atom. The molecule has 0 radical (unpaired) electrons. The topological polar surface area (TPSA) is 72.2 Å². The van der Waals surface area contributed by atoms with E-state index in [4.69, 9.17) is 35.4 Å². The van der Waals surface area contributed by atoms with Crippen LogP contribution in [0.5, 0.6) is 0 Å². The number of rotatable bonds is 6. The highest BCUT2D eigenvalue weighted by Crippen LogP contribution is 2.31. The first kappa shape index (κ1) is 16.1. The van der Waals surface area contributed by atoms with Crippen LogP contribution in [0.25, 0.3) is 0 Å². The molecular formula is C12H14Cl2N2O2S. The minimum Gasteiger partial charge on any atom is -0.399 e. The minimum atomic E-state index is -3.75. The zero-order valence-electron chi connectivity index (χ0n) is 10.1. The van der Waals surface area contributed by atoms with Crippen LogP contribution < -0.4 is 10.5 Å². The van der Waals surface area contributed by atoms with Crippen LogP contribution in [0, 0.1) is 12.3 Å². The molecule has 0 heterocycles. The highest BCUT2D eigenvalue weighted by atomic mass is 35.5. The first-order valence-electron chi connectivity index (χ1n) is 5.56. The molecule has 1 aromatic carbocycles. The lowest BCUT2D eigenvalue weighted by molar-refractivity contribution is 0.577. The lowest BCUT2D eigenvalue weighted by Crippen LogP contribution is -2.25. The molecule has 0 bridgehead atoms. The number of anilines is 1. The molecule has 3 N–H and O–H groups in total. The van der Waals surface area contributed by atoms with Gasteiger partial charge in [-0.2, -0.15) is 0 Å². The molecule has 7 heteroatoms. The third kappa shape index (κ3) is 4.59. The fraction of sp³-hybridized carbons (Fsp3) is 0.333. The SMILES string of the molecule is C#CCCCCNS(=O)(=O)c1c(Cl)cc(N)cc1Cl. The summed E-state index contributed by atoms with van der Waals surface area (Å²) in [5.41, 5.74) is 5.83. The number of hydrogen-bond acceptors (Lipinski definition) is 3. The Hall–Kier alpha value is -0.930. The predicted octanol–water partition coefficient (Wildman–Crippen LogP) is 2.66. The quantitative estimate of drug-likeness (QED) is 0.481. The molecule has 104 valence electrons. The number of benzene rings is 1. The van der Waals surface area contributed by atoms with E-state index in [2.05, 4.69) is 10.6 Å². The lowest BCUT2D eigenvalue weighted by Gasteiger charge is -2.10. The van der Waals surface area contributed by atoms with Gasteiger partial charge in [0.2, 0.25) is 10.0 Å². The maximum Gasteiger partial charge on any atom is 0.243 e. The van der Waals surface area contributed by atoms with Gasteiger partial charge in [-0.25, -0.2) is 13.1 Å². The number of unbranched alkanes of at least 4 members (excludes halogenated alkanes) is 2. The lowest BCUT2D eigenvalue weighted by atomic mass is 10.2. The molecule has 0 aliphatic carbocycles. The van der Waals surface area contributed by atoms with Crippen molar-refractivity contribution >= 4 is 38.9 Å². The largest absolute Gasteiger partial charge is 0.399 e. The van der Waals surface area contributed by atoms with Crippen LogP contribution in [-0.2, 0) is 10.0 Å². The van der Waals surface area contributed by atoms with Gasteiger partial charge in [0.05, 0.1) is 10.0 Å². The third-order valence-electron chi connectivity index (χ3n) is 2.33. The van der Waals surface area contributed by atoms with Gasteiger partial charge in [-0.3, -0.25) is 0 Å². The Bertz CT molecular complexity index is 571. The molecule has 0 amide bonds. The number of terminal acetylenes is 1. The van der Waals surface area contributed by atoms with Crippen LogP contribution >= 0.6 is 23.2 Å². The molecule has 0 unspecified atom stereocenters. The van der Waals surface area contributed by atoms with E-state index < -0.39 is 10.0 Å². The van der Waals surface area contributed by atoms with E-state index in [1.165, 1.54) is 12.1 Å². The molecule has 0 aromatic heterocycles. The van der Waals surface area contributed by atoms with Crippen molar-refractivity contribution < 1.29 is 8.42 Å². The van der Waals surface area contributed by atoms with Crippen LogP contribution in [0.2, 0.25) is 10.0 Å². The molecule has 0 aliphatic rings. The molecule has 1 aromatic rings. The Morgan fingerprint density at radius 2 is 1.84 bits per heavy atom. The zero-order valence-corrected chi connectivity index (χ0v) is 12.4. The summed E-state index contributed by atoms with van der Waals surface area (Å²) in [6, 6.07) is 2.70. The number of hydrogen-bond donors (Lipinski definition) is 2. The second-order valence-corrected chi connectivity index (χ2v) is 6.39. The summed E-state index contributed by atoms with van der Waals surface area (Å²) < 4.78 is 26.5. The van der Waals surface area contributed by atoms with E-state index in [-0.39, 0.29) is 21.5 Å². The molecule has 0 aliphatic heterocycles. The van der Waals surface area contributed by atoms with Crippen LogP contribution in [0.1, 0.15) is 19.3 Å². The number of nitrogens with two attached hydrogens (primary N) is 1. The summed E-state index contributed by atoms with van der Waals surface area (Å²) in [4.78, 5) is -0.151. The fourth-order valence-electron chi connectivity index (χ4n) is 1.47. The number of sulfonamides is 1. The monoisotopic (exact) mass is 320 g/mol. The maximum absolute atomic E-state index is 12.1. The molecule has 0 saturated heterocycles. The standard InChI is InChI=1S/C12H14Cl2N2O2S/c1-2-3-4-5-6-16-19(17,18)12-10(13)7-9(15)8-11(12)14/h1,7-8,16H,3-6,15H2. The van der Waals surface area contributed by atoms with Crippen molar-refractivity contribution in [2.75, 3.05) is 12.3 Å². The Kier molecular flexibility index (Phi) is 5.95. The van der Waals surface area contributed by atoms with E-state index in [1.54, 1.807) is 0 Å². The zero-order chi connectivity index (χ0) is 14.5. The van der Waals surface area contributed by atoms with Crippen LogP contribution in [0.4, 0.5) is 5.69 Å². The van der Waals surface area contributed by atoms with Crippen molar-refractivity contribution in [1.82, 2.24) is 4.72 Å². The third-order valence-corrected chi connectivity index (χ3v) is 4.71. The first-order chi connectivity index (χ1) is 8.88. The van der Waals surface area contributed by atoms with Gasteiger partial charge in [0.15, 0.2) is 0 Å². The van der Waals surface area contributed by atoms with Crippen molar-refractivity contribution in [1.29, 1.82) is 0 Å². The summed E-state index contributed by atoms with van der Waals surface area (Å²) in [7, 11) is -3.75. The summed E-state index contributed by atoms with van der Waals surface area (Å²) in [5, 5.41) is 0.00208. The normalized spacial score (nSPS) is 11.2. The first-order valence-corrected chi connectivity index (χ1v) is 7.80. The highest BCUT2D eigenvalue weighted by Gasteiger charge is 2.21. The second kappa shape index (κ2) is 7.01. The van der Waals surface area contributed by atoms with E-state index in [0.29, 0.717) is 18.5 Å². The van der Waals surface area contributed by atoms with Crippen molar-refractivity contribution in [2.45, 2.75) is 24.2 Å². The molecule has 1 rings (SSSR count). The van der Waals surface area contributed by atoms with Gasteiger partial charge in [0, 0.05) is 18.7 Å². The van der Waals surface area contributed by atoms with Crippen LogP contribution in [-0.4, -0.2) is 15.0 Å². The Morgan fingerprint density at radius 3 is 2.37 bits per heavy atom. The fourth-order valence-corrected chi connectivity index (χ4v) is 3.77. The molecule has 0 fully saturated rings. The molecule has 4 nitrogen and oxygen atoms in total. The number of nitrogens with one attached hydrogen (secondary N) is 1. The van der Waals surface area contributed by atoms with E-state index in [9.17, 15) is 8.42 Å². The minimum absolute atomic E-state index is 0.00104. The number of nitrogen functional groups attached to an aromatic ring is 1. The average molecular weight is 321 g/mol. The maximum atomic E-state index is 12.1. The van der Waals surface area contributed by atoms with Gasteiger partial charge in [-0.05, 0) is 25.0 Å². The Labute approximate surface area is 123 Å². The molecule has 19 heavy (non-hydrogen) atoms. The van der Waals surface area contributed by atoms with Gasteiger partial charge in [-0.15, -0.1) is 12.3 Å². The highest BCUT2D eigenvalue weighted by molar-refractivity contribution is 7.89. The van der Waals surface area contributed by atoms with Crippen molar-refractivity contribution in [3.63, 3.8) is 0 Å². The summed E-state index contributed by atoms with van der Waals surface area (Å²) in [6.07, 6.45) is 7.12. The second-order valence-electron chi connectivity index (χ2n) is 3.87. The van der Waals surface area contributed by atoms with Crippen LogP contribution in [0.15, 0.2) is 17.0 Å². The van der Waals surface area contributed by atoms with E-state index in [0.717, 1.165) is 6.42 Å². The molecule has 0 atom stereocenters. The van der Waals surface area contributed by atoms with E-state index in [1.807, 2.05) is 0 Å². The van der Waals surface area contributed by atoms with Gasteiger partial charge in [-0.1, -0.05) is 23.2 Å². The molecule has 0 spiro atoms. The van der Waals surface area contributed by atoms with Crippen LogP contribution in [0.3, 0.4) is 0 Å². The summed E-state index contributed by atoms with van der Waals surface area (Å²) >= 11 is 11.7. The smallest absolute Gasteiger partial charge is 0.243 e. The van der Waals surface area contributed by atoms with Gasteiger partial charge >= 0.3 is 0 Å². The summed E-state index contributed by atoms with van der Waals surface area (Å²) in [5.74, 6) is 2.49. The van der Waals surface area contributed by atoms with Gasteiger partial charge in [0.1, 0.15) is 4.90 Å². The number of halogens is 2. The van der Waals surface area contributed by atoms with Crippen molar-refractivity contribution in [3.8, 4) is 12.3 Å². The van der Waals surface area contributed by atoms with Gasteiger partial charge in [0.25, 0.3) is 0 Å². The van der Waals surface area contributed by atoms with Crippen molar-refractivity contribution in [3.05, 3.63) is 22.2 Å². The van der Waals surface area contributed by atoms with Crippen molar-refractivity contribution in [2.24, 2.45) is 0 Å². The van der Waals surface area contributed by atoms with E-state index >= 15 is 0 Å². The van der Waals surface area contributed by atoms with Gasteiger partial charge < -0.3 is 5.73 Å². The summed E-state index contributed by atoms with van der Waals surface area (Å²) in [6.45, 7) is 0.279.